The molecule has 1 saturated heterocycles. The maximum Gasteiger partial charge on any atom is 0.253 e. The molecule has 0 saturated carbocycles. The zero-order valence-electron chi connectivity index (χ0n) is 11.8. The molecule has 0 unspecified atom stereocenters. The molecule has 0 spiro atoms. The third-order valence-electron chi connectivity index (χ3n) is 3.51. The first-order valence-corrected chi connectivity index (χ1v) is 8.61. The summed E-state index contributed by atoms with van der Waals surface area (Å²) in [5, 5.41) is 0. The van der Waals surface area contributed by atoms with Crippen LogP contribution in [-0.2, 0) is 10.0 Å². The van der Waals surface area contributed by atoms with Crippen molar-refractivity contribution in [2.75, 3.05) is 24.1 Å². The van der Waals surface area contributed by atoms with Gasteiger partial charge in [0.25, 0.3) is 5.91 Å². The zero-order valence-corrected chi connectivity index (χ0v) is 12.6. The average molecular weight is 296 g/mol. The number of nitrogens with one attached hydrogen (secondary N) is 1. The Morgan fingerprint density at radius 1 is 1.20 bits per heavy atom. The summed E-state index contributed by atoms with van der Waals surface area (Å²) < 4.78 is 24.6. The van der Waals surface area contributed by atoms with Gasteiger partial charge in [0.15, 0.2) is 0 Å². The number of piperidine rings is 1. The van der Waals surface area contributed by atoms with Crippen molar-refractivity contribution in [3.63, 3.8) is 0 Å². The number of anilines is 1. The van der Waals surface area contributed by atoms with Crippen LogP contribution in [0.4, 0.5) is 5.69 Å². The summed E-state index contributed by atoms with van der Waals surface area (Å²) in [6.07, 6.45) is 3.18. The summed E-state index contributed by atoms with van der Waals surface area (Å²) in [6, 6.07) is 6.55. The zero-order chi connectivity index (χ0) is 14.8. The lowest BCUT2D eigenvalue weighted by Gasteiger charge is -2.30. The van der Waals surface area contributed by atoms with Crippen molar-refractivity contribution >= 4 is 21.6 Å². The molecule has 0 radical (unpaired) electrons. The highest BCUT2D eigenvalue weighted by Gasteiger charge is 2.21. The van der Waals surface area contributed by atoms with Crippen LogP contribution in [0.5, 0.6) is 0 Å². The molecule has 1 heterocycles. The predicted molar refractivity (Wildman–Crippen MR) is 79.2 cm³/mol. The molecule has 2 rings (SSSR count). The van der Waals surface area contributed by atoms with E-state index >= 15 is 0 Å². The summed E-state index contributed by atoms with van der Waals surface area (Å²) >= 11 is 0. The van der Waals surface area contributed by atoms with Crippen LogP contribution in [0.15, 0.2) is 24.3 Å². The minimum atomic E-state index is -3.28. The highest BCUT2D eigenvalue weighted by atomic mass is 32.2. The average Bonchev–Trinajstić information content (AvgIpc) is 2.38. The second-order valence-corrected chi connectivity index (χ2v) is 7.17. The number of hydrogen-bond acceptors (Lipinski definition) is 3. The molecule has 5 nitrogen and oxygen atoms in total. The molecule has 6 heteroatoms. The third kappa shape index (κ3) is 3.96. The number of sulfonamides is 1. The minimum Gasteiger partial charge on any atom is -0.339 e. The molecule has 20 heavy (non-hydrogen) atoms. The quantitative estimate of drug-likeness (QED) is 0.927. The third-order valence-corrected chi connectivity index (χ3v) is 4.11. The van der Waals surface area contributed by atoms with Crippen molar-refractivity contribution in [3.05, 3.63) is 29.8 Å². The van der Waals surface area contributed by atoms with Gasteiger partial charge in [-0.2, -0.15) is 0 Å². The van der Waals surface area contributed by atoms with Crippen LogP contribution < -0.4 is 4.72 Å². The Morgan fingerprint density at radius 3 is 2.25 bits per heavy atom. The molecular weight excluding hydrogens is 276 g/mol. The van der Waals surface area contributed by atoms with Crippen molar-refractivity contribution < 1.29 is 13.2 Å². The molecular formula is C14H20N2O3S. The van der Waals surface area contributed by atoms with Gasteiger partial charge in [-0.25, -0.2) is 8.42 Å². The van der Waals surface area contributed by atoms with Crippen LogP contribution in [0.25, 0.3) is 0 Å². The second kappa shape index (κ2) is 5.83. The molecule has 110 valence electrons. The summed E-state index contributed by atoms with van der Waals surface area (Å²) in [7, 11) is -3.28. The fraction of sp³-hybridized carbons (Fsp3) is 0.500. The number of carbonyl (C=O) groups is 1. The van der Waals surface area contributed by atoms with Crippen LogP contribution in [0.2, 0.25) is 0 Å². The van der Waals surface area contributed by atoms with Crippen LogP contribution in [0.1, 0.15) is 30.1 Å². The number of likely N-dealkylation sites (tertiary alicyclic amines) is 1. The van der Waals surface area contributed by atoms with Gasteiger partial charge in [0, 0.05) is 24.3 Å². The Labute approximate surface area is 120 Å². The number of amides is 1. The fourth-order valence-corrected chi connectivity index (χ4v) is 2.85. The standard InChI is InChI=1S/C14H20N2O3S/c1-11-7-9-16(10-8-11)14(17)12-3-5-13(6-4-12)15-20(2,18)19/h3-6,11,15H,7-10H2,1-2H3. The van der Waals surface area contributed by atoms with Crippen LogP contribution in [-0.4, -0.2) is 38.6 Å². The molecule has 0 aromatic heterocycles. The molecule has 1 aliphatic rings. The van der Waals surface area contributed by atoms with Gasteiger partial charge < -0.3 is 4.90 Å². The number of hydrogen-bond donors (Lipinski definition) is 1. The molecule has 0 bridgehead atoms. The van der Waals surface area contributed by atoms with Crippen LogP contribution in [0.3, 0.4) is 0 Å². The summed E-state index contributed by atoms with van der Waals surface area (Å²) in [6.45, 7) is 3.79. The number of nitrogens with zero attached hydrogens (tertiary/aromatic N) is 1. The van der Waals surface area contributed by atoms with Gasteiger partial charge in [0.1, 0.15) is 0 Å². The van der Waals surface area contributed by atoms with E-state index in [0.29, 0.717) is 17.2 Å². The molecule has 1 amide bonds. The topological polar surface area (TPSA) is 66.5 Å². The van der Waals surface area contributed by atoms with Gasteiger partial charge in [-0.3, -0.25) is 9.52 Å². The van der Waals surface area contributed by atoms with E-state index < -0.39 is 10.0 Å². The van der Waals surface area contributed by atoms with Gasteiger partial charge in [-0.15, -0.1) is 0 Å². The highest BCUT2D eigenvalue weighted by Crippen LogP contribution is 2.19. The van der Waals surface area contributed by atoms with Gasteiger partial charge in [0.2, 0.25) is 10.0 Å². The Morgan fingerprint density at radius 2 is 1.75 bits per heavy atom. The van der Waals surface area contributed by atoms with Crippen molar-refractivity contribution in [3.8, 4) is 0 Å². The van der Waals surface area contributed by atoms with E-state index in [1.165, 1.54) is 0 Å². The molecule has 0 aliphatic carbocycles. The fourth-order valence-electron chi connectivity index (χ4n) is 2.29. The molecule has 0 atom stereocenters. The van der Waals surface area contributed by atoms with Gasteiger partial charge in [-0.05, 0) is 43.0 Å². The van der Waals surface area contributed by atoms with Gasteiger partial charge in [0.05, 0.1) is 6.26 Å². The second-order valence-electron chi connectivity index (χ2n) is 5.43. The number of benzene rings is 1. The molecule has 1 aromatic rings. The first-order chi connectivity index (χ1) is 9.35. The van der Waals surface area contributed by atoms with Crippen molar-refractivity contribution in [1.29, 1.82) is 0 Å². The van der Waals surface area contributed by atoms with Crippen LogP contribution >= 0.6 is 0 Å². The summed E-state index contributed by atoms with van der Waals surface area (Å²) in [4.78, 5) is 14.2. The molecule has 1 aliphatic heterocycles. The Balaban J connectivity index is 2.04. The van der Waals surface area contributed by atoms with Crippen molar-refractivity contribution in [2.24, 2.45) is 5.92 Å². The predicted octanol–water partition coefficient (Wildman–Crippen LogP) is 1.93. The van der Waals surface area contributed by atoms with Gasteiger partial charge in [-0.1, -0.05) is 6.92 Å². The van der Waals surface area contributed by atoms with E-state index in [4.69, 9.17) is 0 Å². The minimum absolute atomic E-state index is 0.0165. The van der Waals surface area contributed by atoms with E-state index in [1.54, 1.807) is 24.3 Å². The Kier molecular flexibility index (Phi) is 4.32. The lowest BCUT2D eigenvalue weighted by molar-refractivity contribution is 0.0697. The van der Waals surface area contributed by atoms with E-state index in [-0.39, 0.29) is 5.91 Å². The van der Waals surface area contributed by atoms with Crippen molar-refractivity contribution in [1.82, 2.24) is 4.90 Å². The Hall–Kier alpha value is -1.56. The lowest BCUT2D eigenvalue weighted by Crippen LogP contribution is -2.37. The highest BCUT2D eigenvalue weighted by molar-refractivity contribution is 7.92. The smallest absolute Gasteiger partial charge is 0.253 e. The lowest BCUT2D eigenvalue weighted by atomic mass is 9.98. The summed E-state index contributed by atoms with van der Waals surface area (Å²) in [5.74, 6) is 0.697. The van der Waals surface area contributed by atoms with E-state index in [9.17, 15) is 13.2 Å². The van der Waals surface area contributed by atoms with Crippen molar-refractivity contribution in [2.45, 2.75) is 19.8 Å². The monoisotopic (exact) mass is 296 g/mol. The molecule has 1 aromatic carbocycles. The van der Waals surface area contributed by atoms with E-state index in [0.717, 1.165) is 32.2 Å². The normalized spacial score (nSPS) is 17.0. The first-order valence-electron chi connectivity index (χ1n) is 6.72. The maximum absolute atomic E-state index is 12.3. The summed E-state index contributed by atoms with van der Waals surface area (Å²) in [5.41, 5.74) is 1.06. The number of rotatable bonds is 3. The van der Waals surface area contributed by atoms with E-state index in [1.807, 2.05) is 4.90 Å². The number of carbonyl (C=O) groups excluding carboxylic acids is 1. The van der Waals surface area contributed by atoms with Gasteiger partial charge >= 0.3 is 0 Å². The Bertz CT molecular complexity index is 573. The van der Waals surface area contributed by atoms with Crippen LogP contribution in [0, 0.1) is 5.92 Å². The molecule has 1 N–H and O–H groups in total. The van der Waals surface area contributed by atoms with E-state index in [2.05, 4.69) is 11.6 Å². The molecule has 1 fully saturated rings. The first kappa shape index (κ1) is 14.8. The largest absolute Gasteiger partial charge is 0.339 e. The maximum atomic E-state index is 12.3. The SMILES string of the molecule is CC1CCN(C(=O)c2ccc(NS(C)(=O)=O)cc2)CC1.